The second-order valence-electron chi connectivity index (χ2n) is 6.79. The number of amides is 2. The molecule has 0 aliphatic carbocycles. The van der Waals surface area contributed by atoms with Gasteiger partial charge < -0.3 is 20.7 Å². The van der Waals surface area contributed by atoms with Crippen LogP contribution in [0.2, 0.25) is 0 Å². The van der Waals surface area contributed by atoms with Gasteiger partial charge in [0.2, 0.25) is 11.8 Å². The molecular formula is C15H30N4O3. The van der Waals surface area contributed by atoms with E-state index in [0.717, 1.165) is 0 Å². The van der Waals surface area contributed by atoms with E-state index in [1.807, 2.05) is 20.8 Å². The maximum absolute atomic E-state index is 12.3. The third-order valence-corrected chi connectivity index (χ3v) is 3.88. The number of ether oxygens (including phenoxy) is 1. The molecule has 7 nitrogen and oxygen atoms in total. The first-order chi connectivity index (χ1) is 10.3. The Kier molecular flexibility index (Phi) is 7.25. The van der Waals surface area contributed by atoms with Crippen LogP contribution in [0, 0.1) is 5.41 Å². The lowest BCUT2D eigenvalue weighted by molar-refractivity contribution is -0.136. The summed E-state index contributed by atoms with van der Waals surface area (Å²) in [6.07, 6.45) is 0. The number of piperazine rings is 1. The van der Waals surface area contributed by atoms with E-state index in [9.17, 15) is 9.59 Å². The van der Waals surface area contributed by atoms with Crippen molar-refractivity contribution in [3.63, 3.8) is 0 Å². The zero-order valence-electron chi connectivity index (χ0n) is 14.2. The van der Waals surface area contributed by atoms with Crippen LogP contribution in [0.1, 0.15) is 20.8 Å². The van der Waals surface area contributed by atoms with Gasteiger partial charge in [0.15, 0.2) is 0 Å². The summed E-state index contributed by atoms with van der Waals surface area (Å²) in [7, 11) is 1.60. The molecule has 0 aromatic carbocycles. The molecular weight excluding hydrogens is 284 g/mol. The van der Waals surface area contributed by atoms with E-state index in [1.165, 1.54) is 0 Å². The molecule has 1 rings (SSSR count). The van der Waals surface area contributed by atoms with Crippen molar-refractivity contribution < 1.29 is 14.3 Å². The van der Waals surface area contributed by atoms with Gasteiger partial charge in [-0.15, -0.1) is 0 Å². The molecule has 2 amide bonds. The van der Waals surface area contributed by atoms with Gasteiger partial charge in [0.25, 0.3) is 0 Å². The molecule has 0 saturated carbocycles. The lowest BCUT2D eigenvalue weighted by Gasteiger charge is -2.37. The Balaban J connectivity index is 2.34. The van der Waals surface area contributed by atoms with Gasteiger partial charge in [0, 0.05) is 39.8 Å². The number of rotatable bonds is 6. The van der Waals surface area contributed by atoms with Crippen LogP contribution in [-0.4, -0.2) is 80.6 Å². The largest absolute Gasteiger partial charge is 0.383 e. The summed E-state index contributed by atoms with van der Waals surface area (Å²) in [5.41, 5.74) is 5.79. The van der Waals surface area contributed by atoms with E-state index in [-0.39, 0.29) is 17.2 Å². The standard InChI is InChI=1S/C15H30N4O3/c1-15(2,3)13(16)14(21)19-8-6-18(7-9-19)11-12(20)17-5-10-22-4/h13H,5-11,16H2,1-4H3,(H,17,20)/t13-/m1/s1. The maximum Gasteiger partial charge on any atom is 0.240 e. The highest BCUT2D eigenvalue weighted by molar-refractivity contribution is 5.82. The minimum absolute atomic E-state index is 0.00306. The predicted molar refractivity (Wildman–Crippen MR) is 85.3 cm³/mol. The molecule has 0 spiro atoms. The number of nitrogens with one attached hydrogen (secondary N) is 1. The summed E-state index contributed by atoms with van der Waals surface area (Å²) < 4.78 is 4.89. The van der Waals surface area contributed by atoms with E-state index >= 15 is 0 Å². The van der Waals surface area contributed by atoms with E-state index < -0.39 is 6.04 Å². The Labute approximate surface area is 133 Å². The van der Waals surface area contributed by atoms with Gasteiger partial charge in [-0.2, -0.15) is 0 Å². The number of carbonyl (C=O) groups is 2. The van der Waals surface area contributed by atoms with Gasteiger partial charge in [-0.05, 0) is 5.41 Å². The second kappa shape index (κ2) is 8.45. The highest BCUT2D eigenvalue weighted by Crippen LogP contribution is 2.19. The fourth-order valence-electron chi connectivity index (χ4n) is 2.24. The van der Waals surface area contributed by atoms with Crippen LogP contribution >= 0.6 is 0 Å². The molecule has 0 bridgehead atoms. The Morgan fingerprint density at radius 3 is 2.32 bits per heavy atom. The minimum atomic E-state index is -0.489. The predicted octanol–water partition coefficient (Wildman–Crippen LogP) is -0.733. The normalized spacial score (nSPS) is 18.1. The molecule has 22 heavy (non-hydrogen) atoms. The first-order valence-corrected chi connectivity index (χ1v) is 7.78. The van der Waals surface area contributed by atoms with Crippen LogP contribution < -0.4 is 11.1 Å². The number of methoxy groups -OCH3 is 1. The highest BCUT2D eigenvalue weighted by Gasteiger charge is 2.32. The Hall–Kier alpha value is -1.18. The van der Waals surface area contributed by atoms with Crippen molar-refractivity contribution >= 4 is 11.8 Å². The second-order valence-corrected chi connectivity index (χ2v) is 6.79. The zero-order valence-corrected chi connectivity index (χ0v) is 14.2. The number of hydrogen-bond acceptors (Lipinski definition) is 5. The molecule has 1 heterocycles. The molecule has 1 aliphatic rings. The first-order valence-electron chi connectivity index (χ1n) is 7.78. The summed E-state index contributed by atoms with van der Waals surface area (Å²) in [6, 6.07) is -0.489. The molecule has 0 aromatic rings. The van der Waals surface area contributed by atoms with Gasteiger partial charge in [-0.3, -0.25) is 14.5 Å². The number of carbonyl (C=O) groups excluding carboxylic acids is 2. The third kappa shape index (κ3) is 5.90. The summed E-state index contributed by atoms with van der Waals surface area (Å²) in [5.74, 6) is -0.0140. The average Bonchev–Trinajstić information content (AvgIpc) is 2.46. The lowest BCUT2D eigenvalue weighted by atomic mass is 9.86. The quantitative estimate of drug-likeness (QED) is 0.631. The van der Waals surface area contributed by atoms with Gasteiger partial charge in [0.1, 0.15) is 0 Å². The fraction of sp³-hybridized carbons (Fsp3) is 0.867. The van der Waals surface area contributed by atoms with Crippen molar-refractivity contribution in [2.45, 2.75) is 26.8 Å². The molecule has 1 aliphatic heterocycles. The van der Waals surface area contributed by atoms with Crippen LogP contribution in [0.5, 0.6) is 0 Å². The van der Waals surface area contributed by atoms with Crippen molar-refractivity contribution in [1.29, 1.82) is 0 Å². The van der Waals surface area contributed by atoms with E-state index in [2.05, 4.69) is 10.2 Å². The lowest BCUT2D eigenvalue weighted by Crippen LogP contribution is -2.57. The molecule has 0 unspecified atom stereocenters. The van der Waals surface area contributed by atoms with E-state index in [4.69, 9.17) is 10.5 Å². The summed E-state index contributed by atoms with van der Waals surface area (Å²) >= 11 is 0. The molecule has 3 N–H and O–H groups in total. The molecule has 1 atom stereocenters. The van der Waals surface area contributed by atoms with Crippen molar-refractivity contribution in [3.8, 4) is 0 Å². The summed E-state index contributed by atoms with van der Waals surface area (Å²) in [5, 5.41) is 2.80. The van der Waals surface area contributed by atoms with Crippen LogP contribution in [0.3, 0.4) is 0 Å². The van der Waals surface area contributed by atoms with Gasteiger partial charge >= 0.3 is 0 Å². The Morgan fingerprint density at radius 1 is 1.23 bits per heavy atom. The van der Waals surface area contributed by atoms with Crippen molar-refractivity contribution in [1.82, 2.24) is 15.1 Å². The van der Waals surface area contributed by atoms with Gasteiger partial charge in [-0.25, -0.2) is 0 Å². The number of nitrogens with zero attached hydrogens (tertiary/aromatic N) is 2. The van der Waals surface area contributed by atoms with Crippen LogP contribution in [0.25, 0.3) is 0 Å². The number of hydrogen-bond donors (Lipinski definition) is 2. The molecule has 1 saturated heterocycles. The molecule has 128 valence electrons. The smallest absolute Gasteiger partial charge is 0.240 e. The van der Waals surface area contributed by atoms with Crippen molar-refractivity contribution in [3.05, 3.63) is 0 Å². The third-order valence-electron chi connectivity index (χ3n) is 3.88. The molecule has 7 heteroatoms. The monoisotopic (exact) mass is 314 g/mol. The summed E-state index contributed by atoms with van der Waals surface area (Å²) in [4.78, 5) is 27.9. The average molecular weight is 314 g/mol. The fourth-order valence-corrected chi connectivity index (χ4v) is 2.24. The minimum Gasteiger partial charge on any atom is -0.383 e. The maximum atomic E-state index is 12.3. The highest BCUT2D eigenvalue weighted by atomic mass is 16.5. The van der Waals surface area contributed by atoms with Crippen LogP contribution in [0.4, 0.5) is 0 Å². The van der Waals surface area contributed by atoms with Crippen molar-refractivity contribution in [2.24, 2.45) is 11.1 Å². The van der Waals surface area contributed by atoms with Crippen molar-refractivity contribution in [2.75, 3.05) is 53.0 Å². The van der Waals surface area contributed by atoms with Crippen LogP contribution in [0.15, 0.2) is 0 Å². The Bertz CT molecular complexity index is 373. The molecule has 0 radical (unpaired) electrons. The number of nitrogens with two attached hydrogens (primary N) is 1. The Morgan fingerprint density at radius 2 is 1.82 bits per heavy atom. The zero-order chi connectivity index (χ0) is 16.8. The summed E-state index contributed by atoms with van der Waals surface area (Å²) in [6.45, 7) is 9.93. The van der Waals surface area contributed by atoms with Crippen LogP contribution in [-0.2, 0) is 14.3 Å². The molecule has 1 fully saturated rings. The topological polar surface area (TPSA) is 87.9 Å². The first kappa shape index (κ1) is 18.9. The van der Waals surface area contributed by atoms with Gasteiger partial charge in [0.05, 0.1) is 19.2 Å². The van der Waals surface area contributed by atoms with E-state index in [1.54, 1.807) is 12.0 Å². The SMILES string of the molecule is COCCNC(=O)CN1CCN(C(=O)[C@@H](N)C(C)(C)C)CC1. The molecule has 0 aromatic heterocycles. The van der Waals surface area contributed by atoms with Gasteiger partial charge in [-0.1, -0.05) is 20.8 Å². The van der Waals surface area contributed by atoms with E-state index in [0.29, 0.717) is 45.9 Å².